The topological polar surface area (TPSA) is 85.6 Å². The summed E-state index contributed by atoms with van der Waals surface area (Å²) in [5.41, 5.74) is 1.52. The van der Waals surface area contributed by atoms with Crippen molar-refractivity contribution >= 4 is 27.9 Å². The molecule has 2 aromatic heterocycles. The minimum Gasteiger partial charge on any atom is -0.487 e. The van der Waals surface area contributed by atoms with Crippen LogP contribution in [0.4, 0.5) is 5.69 Å². The van der Waals surface area contributed by atoms with Crippen LogP contribution in [0.1, 0.15) is 40.8 Å². The van der Waals surface area contributed by atoms with E-state index in [0.29, 0.717) is 27.7 Å². The molecular weight excluding hydrogens is 412 g/mol. The number of fused-ring (bicyclic) bond motifs is 1. The third-order valence-electron chi connectivity index (χ3n) is 4.60. The molecule has 0 saturated heterocycles. The number of nitrogens with zero attached hydrogens (tertiary/aromatic N) is 3. The Labute approximate surface area is 183 Å². The molecule has 0 fully saturated rings. The predicted molar refractivity (Wildman–Crippen MR) is 121 cm³/mol. The molecule has 8 heteroatoms. The second kappa shape index (κ2) is 9.53. The lowest BCUT2D eigenvalue weighted by molar-refractivity contribution is 0.102. The minimum absolute atomic E-state index is 0.143. The van der Waals surface area contributed by atoms with Gasteiger partial charge in [0.1, 0.15) is 17.4 Å². The van der Waals surface area contributed by atoms with Gasteiger partial charge in [0.2, 0.25) is 4.96 Å². The minimum atomic E-state index is -0.216. The molecule has 7 nitrogen and oxygen atoms in total. The summed E-state index contributed by atoms with van der Waals surface area (Å²) in [7, 11) is 0. The molecule has 0 radical (unpaired) electrons. The van der Waals surface area contributed by atoms with Crippen molar-refractivity contribution in [1.82, 2.24) is 14.6 Å². The molecule has 0 aliphatic heterocycles. The van der Waals surface area contributed by atoms with Gasteiger partial charge in [-0.25, -0.2) is 4.98 Å². The van der Waals surface area contributed by atoms with Crippen molar-refractivity contribution in [3.8, 4) is 5.75 Å². The van der Waals surface area contributed by atoms with Gasteiger partial charge in [-0.1, -0.05) is 48.9 Å². The third-order valence-corrected chi connectivity index (χ3v) is 5.57. The van der Waals surface area contributed by atoms with Gasteiger partial charge in [-0.3, -0.25) is 9.59 Å². The smallest absolute Gasteiger partial charge is 0.275 e. The van der Waals surface area contributed by atoms with Crippen LogP contribution < -0.4 is 15.6 Å². The molecule has 2 aromatic carbocycles. The summed E-state index contributed by atoms with van der Waals surface area (Å²) >= 11 is 1.43. The van der Waals surface area contributed by atoms with E-state index < -0.39 is 0 Å². The van der Waals surface area contributed by atoms with Crippen LogP contribution in [0.3, 0.4) is 0 Å². The molecular formula is C23H22N4O3S. The zero-order valence-corrected chi connectivity index (χ0v) is 17.9. The summed E-state index contributed by atoms with van der Waals surface area (Å²) < 4.78 is 7.16. The Morgan fingerprint density at radius 2 is 1.97 bits per heavy atom. The third kappa shape index (κ3) is 5.16. The first kappa shape index (κ1) is 20.7. The maximum absolute atomic E-state index is 12.4. The number of amides is 1. The molecule has 31 heavy (non-hydrogen) atoms. The normalized spacial score (nSPS) is 10.9. The van der Waals surface area contributed by atoms with E-state index in [1.165, 1.54) is 21.9 Å². The average molecular weight is 435 g/mol. The molecule has 0 bridgehead atoms. The highest BCUT2D eigenvalue weighted by Crippen LogP contribution is 2.20. The molecule has 1 amide bonds. The van der Waals surface area contributed by atoms with Gasteiger partial charge in [-0.15, -0.1) is 0 Å². The Bertz CT molecular complexity index is 1250. The fraction of sp³-hybridized carbons (Fsp3) is 0.217. The molecule has 0 atom stereocenters. The second-order valence-corrected chi connectivity index (χ2v) is 8.06. The monoisotopic (exact) mass is 434 g/mol. The highest BCUT2D eigenvalue weighted by atomic mass is 32.1. The van der Waals surface area contributed by atoms with Gasteiger partial charge in [0.05, 0.1) is 5.69 Å². The second-order valence-electron chi connectivity index (χ2n) is 7.02. The van der Waals surface area contributed by atoms with Gasteiger partial charge in [-0.2, -0.15) is 9.61 Å². The number of anilines is 1. The molecule has 0 saturated carbocycles. The van der Waals surface area contributed by atoms with Gasteiger partial charge in [0, 0.05) is 29.8 Å². The number of rotatable bonds is 8. The fourth-order valence-corrected chi connectivity index (χ4v) is 3.97. The predicted octanol–water partition coefficient (Wildman–Crippen LogP) is 4.32. The van der Waals surface area contributed by atoms with E-state index >= 15 is 0 Å². The van der Waals surface area contributed by atoms with Crippen LogP contribution in [-0.2, 0) is 13.0 Å². The molecule has 4 rings (SSSR count). The Morgan fingerprint density at radius 3 is 2.77 bits per heavy atom. The van der Waals surface area contributed by atoms with Crippen LogP contribution >= 0.6 is 11.3 Å². The quantitative estimate of drug-likeness (QED) is 0.446. The number of ether oxygens (including phenoxy) is 1. The van der Waals surface area contributed by atoms with E-state index in [1.807, 2.05) is 18.2 Å². The lowest BCUT2D eigenvalue weighted by Gasteiger charge is -2.09. The number of carbonyl (C=O) groups excluding carboxylic acids is 1. The van der Waals surface area contributed by atoms with Crippen molar-refractivity contribution in [2.75, 3.05) is 5.32 Å². The molecule has 4 aromatic rings. The van der Waals surface area contributed by atoms with Crippen LogP contribution in [0.2, 0.25) is 0 Å². The molecule has 1 N–H and O–H groups in total. The van der Waals surface area contributed by atoms with Crippen molar-refractivity contribution in [3.05, 3.63) is 87.3 Å². The summed E-state index contributed by atoms with van der Waals surface area (Å²) in [4.78, 5) is 29.8. The zero-order chi connectivity index (χ0) is 21.6. The van der Waals surface area contributed by atoms with Crippen LogP contribution in [0.5, 0.6) is 5.75 Å². The summed E-state index contributed by atoms with van der Waals surface area (Å²) in [6.07, 6.45) is 2.95. The maximum atomic E-state index is 12.4. The van der Waals surface area contributed by atoms with Crippen molar-refractivity contribution in [3.63, 3.8) is 0 Å². The number of aryl methyl sites for hydroxylation is 1. The molecule has 158 valence electrons. The first-order chi connectivity index (χ1) is 15.1. The Hall–Kier alpha value is -3.52. The summed E-state index contributed by atoms with van der Waals surface area (Å²) in [6.45, 7) is 2.26. The lowest BCUT2D eigenvalue weighted by Crippen LogP contribution is -2.16. The number of benzene rings is 2. The van der Waals surface area contributed by atoms with Crippen LogP contribution in [0.25, 0.3) is 4.96 Å². The maximum Gasteiger partial charge on any atom is 0.275 e. The first-order valence-corrected chi connectivity index (χ1v) is 10.9. The van der Waals surface area contributed by atoms with Crippen molar-refractivity contribution in [1.29, 1.82) is 0 Å². The van der Waals surface area contributed by atoms with E-state index in [-0.39, 0.29) is 18.1 Å². The first-order valence-electron chi connectivity index (χ1n) is 10.1. The van der Waals surface area contributed by atoms with Gasteiger partial charge in [0.25, 0.3) is 11.5 Å². The van der Waals surface area contributed by atoms with Gasteiger partial charge in [0.15, 0.2) is 0 Å². The standard InChI is InChI=1S/C23H22N4O3S/c1-2-3-12-20-26-27-21(28)14-18(25-23(27)31-20)15-30-19-11-7-10-17(13-19)24-22(29)16-8-5-4-6-9-16/h4-11,13-14H,2-3,12,15H2,1H3,(H,24,29). The average Bonchev–Trinajstić information content (AvgIpc) is 3.21. The van der Waals surface area contributed by atoms with E-state index in [9.17, 15) is 9.59 Å². The van der Waals surface area contributed by atoms with E-state index in [0.717, 1.165) is 24.3 Å². The number of hydrogen-bond acceptors (Lipinski definition) is 6. The highest BCUT2D eigenvalue weighted by Gasteiger charge is 2.10. The molecule has 0 aliphatic carbocycles. The number of unbranched alkanes of at least 4 members (excludes halogenated alkanes) is 1. The number of aromatic nitrogens is 3. The van der Waals surface area contributed by atoms with Gasteiger partial charge in [-0.05, 0) is 30.7 Å². The van der Waals surface area contributed by atoms with Crippen molar-refractivity contribution < 1.29 is 9.53 Å². The molecule has 0 aliphatic rings. The van der Waals surface area contributed by atoms with Crippen LogP contribution in [0, 0.1) is 0 Å². The van der Waals surface area contributed by atoms with E-state index in [2.05, 4.69) is 22.3 Å². The largest absolute Gasteiger partial charge is 0.487 e. The fourth-order valence-electron chi connectivity index (χ4n) is 3.01. The van der Waals surface area contributed by atoms with Gasteiger partial charge < -0.3 is 10.1 Å². The van der Waals surface area contributed by atoms with Crippen LogP contribution in [0.15, 0.2) is 65.5 Å². The number of nitrogens with one attached hydrogen (secondary N) is 1. The lowest BCUT2D eigenvalue weighted by atomic mass is 10.2. The molecule has 0 unspecified atom stereocenters. The summed E-state index contributed by atoms with van der Waals surface area (Å²) in [5.74, 6) is 0.378. The molecule has 0 spiro atoms. The molecule has 2 heterocycles. The highest BCUT2D eigenvalue weighted by molar-refractivity contribution is 7.16. The van der Waals surface area contributed by atoms with Crippen LogP contribution in [-0.4, -0.2) is 20.5 Å². The summed E-state index contributed by atoms with van der Waals surface area (Å²) in [6, 6.07) is 17.6. The Kier molecular flexibility index (Phi) is 6.37. The van der Waals surface area contributed by atoms with Gasteiger partial charge >= 0.3 is 0 Å². The Morgan fingerprint density at radius 1 is 1.13 bits per heavy atom. The summed E-state index contributed by atoms with van der Waals surface area (Å²) in [5, 5.41) is 8.12. The van der Waals surface area contributed by atoms with E-state index in [4.69, 9.17) is 4.74 Å². The Balaban J connectivity index is 1.44. The number of hydrogen-bond donors (Lipinski definition) is 1. The number of carbonyl (C=O) groups is 1. The van der Waals surface area contributed by atoms with E-state index in [1.54, 1.807) is 36.4 Å². The zero-order valence-electron chi connectivity index (χ0n) is 17.1. The van der Waals surface area contributed by atoms with Crippen molar-refractivity contribution in [2.45, 2.75) is 32.8 Å². The van der Waals surface area contributed by atoms with Crippen molar-refractivity contribution in [2.24, 2.45) is 0 Å². The SMILES string of the molecule is CCCCc1nn2c(=O)cc(COc3cccc(NC(=O)c4ccccc4)c3)nc2s1.